The summed E-state index contributed by atoms with van der Waals surface area (Å²) in [5.41, 5.74) is 9.64. The number of fused-ring (bicyclic) bond motifs is 1. The molecule has 0 saturated heterocycles. The summed E-state index contributed by atoms with van der Waals surface area (Å²) in [5, 5.41) is 10.2. The average Bonchev–Trinajstić information content (AvgIpc) is 2.87. The fourth-order valence-corrected chi connectivity index (χ4v) is 2.64. The number of hydrogen-bond donors (Lipinski definition) is 3. The van der Waals surface area contributed by atoms with Crippen LogP contribution in [0.25, 0.3) is 22.0 Å². The molecule has 0 aliphatic heterocycles. The standard InChI is InChI=1S/C17H16N2O2/c18-9-8-13-14-10-12(11-4-2-1-3-5-11)6-7-15(14)19-16(13)17(20)21/h1-7,10,19H,8-9,18H2,(H,20,21). The van der Waals surface area contributed by atoms with E-state index in [1.807, 2.05) is 48.5 Å². The molecule has 0 bridgehead atoms. The molecule has 0 aliphatic carbocycles. The van der Waals surface area contributed by atoms with Gasteiger partial charge in [-0.25, -0.2) is 4.79 Å². The number of rotatable bonds is 4. The fraction of sp³-hybridized carbons (Fsp3) is 0.118. The minimum Gasteiger partial charge on any atom is -0.477 e. The monoisotopic (exact) mass is 280 g/mol. The second kappa shape index (κ2) is 5.42. The Morgan fingerprint density at radius 1 is 1.10 bits per heavy atom. The number of carboxylic acid groups (broad SMARTS) is 1. The predicted molar refractivity (Wildman–Crippen MR) is 83.5 cm³/mol. The lowest BCUT2D eigenvalue weighted by atomic mass is 10.0. The molecule has 21 heavy (non-hydrogen) atoms. The lowest BCUT2D eigenvalue weighted by molar-refractivity contribution is 0.0690. The molecule has 2 aromatic carbocycles. The first-order chi connectivity index (χ1) is 10.2. The van der Waals surface area contributed by atoms with E-state index < -0.39 is 5.97 Å². The molecule has 0 aliphatic rings. The molecule has 0 amide bonds. The summed E-state index contributed by atoms with van der Waals surface area (Å²) in [6.45, 7) is 0.419. The highest BCUT2D eigenvalue weighted by Gasteiger charge is 2.16. The van der Waals surface area contributed by atoms with Crippen molar-refractivity contribution in [3.63, 3.8) is 0 Å². The first-order valence-corrected chi connectivity index (χ1v) is 6.84. The smallest absolute Gasteiger partial charge is 0.352 e. The van der Waals surface area contributed by atoms with Crippen LogP contribution in [0.15, 0.2) is 48.5 Å². The van der Waals surface area contributed by atoms with Gasteiger partial charge in [-0.15, -0.1) is 0 Å². The zero-order chi connectivity index (χ0) is 14.8. The minimum atomic E-state index is -0.948. The fourth-order valence-electron chi connectivity index (χ4n) is 2.64. The van der Waals surface area contributed by atoms with Crippen LogP contribution in [0.4, 0.5) is 0 Å². The molecule has 3 aromatic rings. The predicted octanol–water partition coefficient (Wildman–Crippen LogP) is 3.03. The Morgan fingerprint density at radius 3 is 2.52 bits per heavy atom. The number of nitrogens with two attached hydrogens (primary N) is 1. The Morgan fingerprint density at radius 2 is 1.86 bits per heavy atom. The highest BCUT2D eigenvalue weighted by atomic mass is 16.4. The molecule has 4 heteroatoms. The van der Waals surface area contributed by atoms with Gasteiger partial charge in [0, 0.05) is 10.9 Å². The van der Waals surface area contributed by atoms with E-state index in [0.717, 1.165) is 27.6 Å². The number of hydrogen-bond acceptors (Lipinski definition) is 2. The molecule has 0 radical (unpaired) electrons. The molecular formula is C17H16N2O2. The third kappa shape index (κ3) is 2.41. The lowest BCUT2D eigenvalue weighted by Crippen LogP contribution is -2.07. The Kier molecular flexibility index (Phi) is 3.46. The van der Waals surface area contributed by atoms with Crippen LogP contribution in [0.1, 0.15) is 16.1 Å². The van der Waals surface area contributed by atoms with Gasteiger partial charge < -0.3 is 15.8 Å². The number of aromatic amines is 1. The van der Waals surface area contributed by atoms with E-state index in [1.165, 1.54) is 0 Å². The zero-order valence-electron chi connectivity index (χ0n) is 11.5. The van der Waals surface area contributed by atoms with Crippen LogP contribution in [-0.4, -0.2) is 22.6 Å². The van der Waals surface area contributed by atoms with Gasteiger partial charge in [-0.05, 0) is 41.8 Å². The molecule has 0 fully saturated rings. The van der Waals surface area contributed by atoms with E-state index in [2.05, 4.69) is 4.98 Å². The summed E-state index contributed by atoms with van der Waals surface area (Å²) in [6.07, 6.45) is 0.542. The first kappa shape index (κ1) is 13.4. The van der Waals surface area contributed by atoms with Crippen molar-refractivity contribution in [1.29, 1.82) is 0 Å². The topological polar surface area (TPSA) is 79.1 Å². The van der Waals surface area contributed by atoms with Crippen LogP contribution in [0.5, 0.6) is 0 Å². The van der Waals surface area contributed by atoms with Crippen LogP contribution in [-0.2, 0) is 6.42 Å². The van der Waals surface area contributed by atoms with Gasteiger partial charge >= 0.3 is 5.97 Å². The molecule has 0 atom stereocenters. The van der Waals surface area contributed by atoms with Crippen molar-refractivity contribution in [3.8, 4) is 11.1 Å². The summed E-state index contributed by atoms with van der Waals surface area (Å²) in [5.74, 6) is -0.948. The maximum atomic E-state index is 11.3. The van der Waals surface area contributed by atoms with E-state index in [9.17, 15) is 9.90 Å². The molecule has 3 rings (SSSR count). The normalized spacial score (nSPS) is 10.9. The number of H-pyrrole nitrogens is 1. The molecule has 0 spiro atoms. The molecule has 0 unspecified atom stereocenters. The highest BCUT2D eigenvalue weighted by Crippen LogP contribution is 2.28. The summed E-state index contributed by atoms with van der Waals surface area (Å²) in [6, 6.07) is 16.0. The number of benzene rings is 2. The van der Waals surface area contributed by atoms with Gasteiger partial charge in [-0.3, -0.25) is 0 Å². The largest absolute Gasteiger partial charge is 0.477 e. The number of carboxylic acids is 1. The van der Waals surface area contributed by atoms with Gasteiger partial charge in [-0.1, -0.05) is 36.4 Å². The van der Waals surface area contributed by atoms with Crippen molar-refractivity contribution in [2.45, 2.75) is 6.42 Å². The highest BCUT2D eigenvalue weighted by molar-refractivity contribution is 5.98. The van der Waals surface area contributed by atoms with Gasteiger partial charge in [0.2, 0.25) is 0 Å². The zero-order valence-corrected chi connectivity index (χ0v) is 11.5. The van der Waals surface area contributed by atoms with Gasteiger partial charge in [-0.2, -0.15) is 0 Å². The van der Waals surface area contributed by atoms with Crippen LogP contribution in [0.3, 0.4) is 0 Å². The van der Waals surface area contributed by atoms with Gasteiger partial charge in [0.25, 0.3) is 0 Å². The Balaban J connectivity index is 2.20. The second-order valence-electron chi connectivity index (χ2n) is 4.95. The van der Waals surface area contributed by atoms with Gasteiger partial charge in [0.1, 0.15) is 5.69 Å². The van der Waals surface area contributed by atoms with Crippen molar-refractivity contribution in [2.24, 2.45) is 5.73 Å². The van der Waals surface area contributed by atoms with Crippen LogP contribution in [0, 0.1) is 0 Å². The van der Waals surface area contributed by atoms with E-state index in [1.54, 1.807) is 0 Å². The van der Waals surface area contributed by atoms with E-state index in [4.69, 9.17) is 5.73 Å². The molecule has 1 aromatic heterocycles. The number of nitrogens with one attached hydrogen (secondary N) is 1. The quantitative estimate of drug-likeness (QED) is 0.687. The van der Waals surface area contributed by atoms with Crippen molar-refractivity contribution in [3.05, 3.63) is 59.8 Å². The third-order valence-electron chi connectivity index (χ3n) is 3.62. The summed E-state index contributed by atoms with van der Waals surface area (Å²) in [4.78, 5) is 14.3. The number of carbonyl (C=O) groups is 1. The summed E-state index contributed by atoms with van der Waals surface area (Å²) >= 11 is 0. The average molecular weight is 280 g/mol. The van der Waals surface area contributed by atoms with Crippen molar-refractivity contribution < 1.29 is 9.90 Å². The minimum absolute atomic E-state index is 0.237. The maximum Gasteiger partial charge on any atom is 0.352 e. The molecular weight excluding hydrogens is 264 g/mol. The van der Waals surface area contributed by atoms with Crippen molar-refractivity contribution in [1.82, 2.24) is 4.98 Å². The third-order valence-corrected chi connectivity index (χ3v) is 3.62. The van der Waals surface area contributed by atoms with Crippen LogP contribution in [0.2, 0.25) is 0 Å². The SMILES string of the molecule is NCCc1c(C(=O)O)[nH]c2ccc(-c3ccccc3)cc12. The van der Waals surface area contributed by atoms with Gasteiger partial charge in [0.05, 0.1) is 0 Å². The molecule has 4 N–H and O–H groups in total. The molecule has 4 nitrogen and oxygen atoms in total. The molecule has 106 valence electrons. The van der Waals surface area contributed by atoms with Crippen LogP contribution < -0.4 is 5.73 Å². The Hall–Kier alpha value is -2.59. The molecule has 1 heterocycles. The second-order valence-corrected chi connectivity index (χ2v) is 4.95. The number of aromatic carboxylic acids is 1. The van der Waals surface area contributed by atoms with Crippen molar-refractivity contribution in [2.75, 3.05) is 6.54 Å². The van der Waals surface area contributed by atoms with E-state index in [0.29, 0.717) is 13.0 Å². The molecule has 0 saturated carbocycles. The van der Waals surface area contributed by atoms with E-state index in [-0.39, 0.29) is 5.69 Å². The van der Waals surface area contributed by atoms with Gasteiger partial charge in [0.15, 0.2) is 0 Å². The first-order valence-electron chi connectivity index (χ1n) is 6.84. The Bertz CT molecular complexity index is 791. The Labute approximate surface area is 122 Å². The summed E-state index contributed by atoms with van der Waals surface area (Å²) < 4.78 is 0. The maximum absolute atomic E-state index is 11.3. The van der Waals surface area contributed by atoms with Crippen molar-refractivity contribution >= 4 is 16.9 Å². The lowest BCUT2D eigenvalue weighted by Gasteiger charge is -2.03. The number of aromatic nitrogens is 1. The van der Waals surface area contributed by atoms with Crippen LogP contribution >= 0.6 is 0 Å². The summed E-state index contributed by atoms with van der Waals surface area (Å²) in [7, 11) is 0. The van der Waals surface area contributed by atoms with E-state index >= 15 is 0 Å².